The fraction of sp³-hybridized carbons (Fsp3) is 0.857. The fourth-order valence-electron chi connectivity index (χ4n) is 2.78. The molecule has 0 radical (unpaired) electrons. The molecule has 0 saturated heterocycles. The molecule has 110 valence electrons. The van der Waals surface area contributed by atoms with Crippen molar-refractivity contribution in [2.24, 2.45) is 22.2 Å². The minimum absolute atomic E-state index is 0.0356. The third-order valence-electron chi connectivity index (χ3n) is 4.54. The van der Waals surface area contributed by atoms with Gasteiger partial charge in [0.2, 0.25) is 5.91 Å². The first kappa shape index (κ1) is 15.8. The Kier molecular flexibility index (Phi) is 5.20. The lowest BCUT2D eigenvalue weighted by molar-refractivity contribution is -0.138. The predicted octanol–water partition coefficient (Wildman–Crippen LogP) is 2.19. The van der Waals surface area contributed by atoms with E-state index in [1.54, 1.807) is 18.7 Å². The summed E-state index contributed by atoms with van der Waals surface area (Å²) in [6, 6.07) is 0.279. The lowest BCUT2D eigenvalue weighted by atomic mass is 9.82. The SMILES string of the molecule is CCC1CCC(N(C)C(=O)C(C)(C)C(N)=NO)CC1. The monoisotopic (exact) mass is 269 g/mol. The van der Waals surface area contributed by atoms with Gasteiger partial charge in [-0.1, -0.05) is 18.5 Å². The smallest absolute Gasteiger partial charge is 0.235 e. The lowest BCUT2D eigenvalue weighted by Crippen LogP contribution is -2.50. The molecule has 0 aromatic heterocycles. The Morgan fingerprint density at radius 1 is 1.37 bits per heavy atom. The van der Waals surface area contributed by atoms with E-state index in [0.717, 1.165) is 18.8 Å². The molecule has 5 nitrogen and oxygen atoms in total. The predicted molar refractivity (Wildman–Crippen MR) is 76.0 cm³/mol. The highest BCUT2D eigenvalue weighted by atomic mass is 16.4. The van der Waals surface area contributed by atoms with Crippen LogP contribution in [0.25, 0.3) is 0 Å². The second-order valence-electron chi connectivity index (χ2n) is 6.11. The van der Waals surface area contributed by atoms with Crippen LogP contribution in [0, 0.1) is 11.3 Å². The van der Waals surface area contributed by atoms with Gasteiger partial charge < -0.3 is 15.8 Å². The highest BCUT2D eigenvalue weighted by molar-refractivity contribution is 6.05. The molecule has 0 aromatic carbocycles. The van der Waals surface area contributed by atoms with E-state index >= 15 is 0 Å². The van der Waals surface area contributed by atoms with Crippen LogP contribution in [0.1, 0.15) is 52.9 Å². The second-order valence-corrected chi connectivity index (χ2v) is 6.11. The quantitative estimate of drug-likeness (QED) is 0.355. The summed E-state index contributed by atoms with van der Waals surface area (Å²) in [4.78, 5) is 14.3. The average Bonchev–Trinajstić information content (AvgIpc) is 2.44. The van der Waals surface area contributed by atoms with Crippen LogP contribution in [0.4, 0.5) is 0 Å². The maximum Gasteiger partial charge on any atom is 0.235 e. The standard InChI is InChI=1S/C14H27N3O2/c1-5-10-6-8-11(9-7-10)17(4)13(18)14(2,3)12(15)16-19/h10-11,19H,5-9H2,1-4H3,(H2,15,16). The molecule has 0 bridgehead atoms. The summed E-state index contributed by atoms with van der Waals surface area (Å²) in [5.41, 5.74) is 4.66. The zero-order chi connectivity index (χ0) is 14.6. The average molecular weight is 269 g/mol. The molecule has 0 spiro atoms. The second kappa shape index (κ2) is 6.26. The van der Waals surface area contributed by atoms with Gasteiger partial charge in [0.15, 0.2) is 5.84 Å². The molecule has 5 heteroatoms. The van der Waals surface area contributed by atoms with Crippen molar-refractivity contribution in [1.29, 1.82) is 0 Å². The largest absolute Gasteiger partial charge is 0.409 e. The van der Waals surface area contributed by atoms with Crippen LogP contribution < -0.4 is 5.73 Å². The number of hydrogen-bond acceptors (Lipinski definition) is 3. The number of rotatable bonds is 4. The van der Waals surface area contributed by atoms with Crippen LogP contribution in [0.3, 0.4) is 0 Å². The van der Waals surface area contributed by atoms with Crippen molar-refractivity contribution in [2.75, 3.05) is 7.05 Å². The van der Waals surface area contributed by atoms with Gasteiger partial charge in [0.25, 0.3) is 0 Å². The number of nitrogens with two attached hydrogens (primary N) is 1. The molecule has 1 fully saturated rings. The van der Waals surface area contributed by atoms with E-state index in [-0.39, 0.29) is 17.8 Å². The molecular weight excluding hydrogens is 242 g/mol. The third-order valence-corrected chi connectivity index (χ3v) is 4.54. The van der Waals surface area contributed by atoms with Crippen molar-refractivity contribution in [3.63, 3.8) is 0 Å². The van der Waals surface area contributed by atoms with E-state index in [1.165, 1.54) is 19.3 Å². The Bertz CT molecular complexity index is 345. The van der Waals surface area contributed by atoms with Crippen molar-refractivity contribution in [3.8, 4) is 0 Å². The Morgan fingerprint density at radius 2 is 1.89 bits per heavy atom. The summed E-state index contributed by atoms with van der Waals surface area (Å²) in [5.74, 6) is 0.686. The number of amidine groups is 1. The van der Waals surface area contributed by atoms with Crippen molar-refractivity contribution in [1.82, 2.24) is 4.90 Å². The topological polar surface area (TPSA) is 78.9 Å². The number of amides is 1. The molecule has 0 unspecified atom stereocenters. The maximum atomic E-state index is 12.5. The Labute approximate surface area is 115 Å². The number of carbonyl (C=O) groups is 1. The van der Waals surface area contributed by atoms with Crippen LogP contribution in [0.15, 0.2) is 5.16 Å². The van der Waals surface area contributed by atoms with Crippen LogP contribution in [-0.2, 0) is 4.79 Å². The van der Waals surface area contributed by atoms with E-state index in [2.05, 4.69) is 12.1 Å². The molecule has 0 atom stereocenters. The molecule has 19 heavy (non-hydrogen) atoms. The Balaban J connectivity index is 2.68. The van der Waals surface area contributed by atoms with Crippen LogP contribution in [-0.4, -0.2) is 34.9 Å². The van der Waals surface area contributed by atoms with Crippen molar-refractivity contribution >= 4 is 11.7 Å². The van der Waals surface area contributed by atoms with Crippen molar-refractivity contribution < 1.29 is 10.0 Å². The summed E-state index contributed by atoms with van der Waals surface area (Å²) in [6.07, 6.45) is 5.69. The van der Waals surface area contributed by atoms with Gasteiger partial charge in [-0.2, -0.15) is 0 Å². The van der Waals surface area contributed by atoms with Gasteiger partial charge in [-0.15, -0.1) is 0 Å². The molecule has 0 aliphatic heterocycles. The van der Waals surface area contributed by atoms with Crippen LogP contribution in [0.2, 0.25) is 0 Å². The summed E-state index contributed by atoms with van der Waals surface area (Å²) in [7, 11) is 1.83. The van der Waals surface area contributed by atoms with E-state index in [1.807, 2.05) is 7.05 Å². The van der Waals surface area contributed by atoms with Crippen LogP contribution >= 0.6 is 0 Å². The zero-order valence-electron chi connectivity index (χ0n) is 12.5. The van der Waals surface area contributed by atoms with E-state index in [4.69, 9.17) is 10.9 Å². The summed E-state index contributed by atoms with van der Waals surface area (Å²) in [6.45, 7) is 5.61. The molecular formula is C14H27N3O2. The molecule has 1 saturated carbocycles. The molecule has 1 aliphatic rings. The van der Waals surface area contributed by atoms with Gasteiger partial charge in [-0.25, -0.2) is 0 Å². The Morgan fingerprint density at radius 3 is 2.32 bits per heavy atom. The Hall–Kier alpha value is -1.26. The van der Waals surface area contributed by atoms with E-state index in [9.17, 15) is 4.79 Å². The highest BCUT2D eigenvalue weighted by Gasteiger charge is 2.38. The van der Waals surface area contributed by atoms with Gasteiger partial charge in [0.1, 0.15) is 5.41 Å². The molecule has 1 amide bonds. The highest BCUT2D eigenvalue weighted by Crippen LogP contribution is 2.31. The zero-order valence-corrected chi connectivity index (χ0v) is 12.5. The van der Waals surface area contributed by atoms with Crippen molar-refractivity contribution in [2.45, 2.75) is 58.9 Å². The molecule has 3 N–H and O–H groups in total. The first-order valence-corrected chi connectivity index (χ1v) is 7.09. The number of oxime groups is 1. The third kappa shape index (κ3) is 3.39. The molecule has 1 rings (SSSR count). The van der Waals surface area contributed by atoms with Crippen molar-refractivity contribution in [3.05, 3.63) is 0 Å². The van der Waals surface area contributed by atoms with Gasteiger partial charge >= 0.3 is 0 Å². The summed E-state index contributed by atoms with van der Waals surface area (Å²) >= 11 is 0. The van der Waals surface area contributed by atoms with E-state index in [0.29, 0.717) is 0 Å². The van der Waals surface area contributed by atoms with Gasteiger partial charge in [-0.05, 0) is 45.4 Å². The molecule has 0 heterocycles. The normalized spacial score (nSPS) is 25.2. The number of carbonyl (C=O) groups excluding carboxylic acids is 1. The van der Waals surface area contributed by atoms with Gasteiger partial charge in [0, 0.05) is 13.1 Å². The first-order chi connectivity index (χ1) is 8.84. The maximum absolute atomic E-state index is 12.5. The minimum Gasteiger partial charge on any atom is -0.409 e. The summed E-state index contributed by atoms with van der Waals surface area (Å²) in [5, 5.41) is 11.8. The minimum atomic E-state index is -0.953. The van der Waals surface area contributed by atoms with E-state index < -0.39 is 5.41 Å². The van der Waals surface area contributed by atoms with Gasteiger partial charge in [0.05, 0.1) is 0 Å². The van der Waals surface area contributed by atoms with Gasteiger partial charge in [-0.3, -0.25) is 4.79 Å². The fourth-order valence-corrected chi connectivity index (χ4v) is 2.78. The first-order valence-electron chi connectivity index (χ1n) is 7.09. The summed E-state index contributed by atoms with van der Waals surface area (Å²) < 4.78 is 0. The number of hydrogen-bond donors (Lipinski definition) is 2. The van der Waals surface area contributed by atoms with Crippen LogP contribution in [0.5, 0.6) is 0 Å². The lowest BCUT2D eigenvalue weighted by Gasteiger charge is -2.37. The molecule has 0 aromatic rings. The molecule has 1 aliphatic carbocycles. The number of nitrogens with zero attached hydrogens (tertiary/aromatic N) is 2.